The second-order valence-electron chi connectivity index (χ2n) is 3.80. The maximum atomic E-state index is 11.6. The zero-order chi connectivity index (χ0) is 12.7. The fourth-order valence-corrected chi connectivity index (χ4v) is 1.49. The number of nitrogens with zero attached hydrogens (tertiary/aromatic N) is 1. The molecule has 17 heavy (non-hydrogen) atoms. The molecule has 0 saturated carbocycles. The zero-order valence-electron chi connectivity index (χ0n) is 10.3. The van der Waals surface area contributed by atoms with Crippen LogP contribution in [0.3, 0.4) is 0 Å². The Morgan fingerprint density at radius 1 is 1.35 bits per heavy atom. The first-order valence-electron chi connectivity index (χ1n) is 5.82. The van der Waals surface area contributed by atoms with Gasteiger partial charge in [-0.2, -0.15) is 0 Å². The Morgan fingerprint density at radius 2 is 2.00 bits per heavy atom. The fraction of sp³-hybridized carbons (Fsp3) is 0.818. The first-order valence-corrected chi connectivity index (χ1v) is 5.82. The van der Waals surface area contributed by atoms with Crippen molar-refractivity contribution in [3.05, 3.63) is 0 Å². The second kappa shape index (κ2) is 7.11. The average molecular weight is 245 g/mol. The van der Waals surface area contributed by atoms with E-state index in [0.717, 1.165) is 0 Å². The lowest BCUT2D eigenvalue weighted by Gasteiger charge is -2.27. The Labute approximate surface area is 101 Å². The standard InChI is InChI=1S/C11H19NO5/c1-3-16-10(13)8-9(2)17-11(14)12-4-6-15-7-5-12/h9H,3-8H2,1-2H3. The molecular formula is C11H19NO5. The first-order chi connectivity index (χ1) is 8.13. The van der Waals surface area contributed by atoms with Crippen LogP contribution in [-0.2, 0) is 19.0 Å². The van der Waals surface area contributed by atoms with Gasteiger partial charge in [-0.25, -0.2) is 4.79 Å². The van der Waals surface area contributed by atoms with Crippen molar-refractivity contribution >= 4 is 12.1 Å². The van der Waals surface area contributed by atoms with Crippen LogP contribution in [-0.4, -0.2) is 56.0 Å². The molecule has 0 radical (unpaired) electrons. The minimum Gasteiger partial charge on any atom is -0.466 e. The summed E-state index contributed by atoms with van der Waals surface area (Å²) >= 11 is 0. The molecule has 1 heterocycles. The van der Waals surface area contributed by atoms with E-state index in [1.165, 1.54) is 0 Å². The molecule has 6 nitrogen and oxygen atoms in total. The number of morpholine rings is 1. The first kappa shape index (κ1) is 13.8. The third-order valence-corrected chi connectivity index (χ3v) is 2.33. The number of hydrogen-bond donors (Lipinski definition) is 0. The van der Waals surface area contributed by atoms with Crippen LogP contribution < -0.4 is 0 Å². The van der Waals surface area contributed by atoms with Gasteiger partial charge < -0.3 is 19.1 Å². The van der Waals surface area contributed by atoms with Crippen molar-refractivity contribution in [2.75, 3.05) is 32.9 Å². The van der Waals surface area contributed by atoms with E-state index in [1.54, 1.807) is 18.7 Å². The minimum atomic E-state index is -0.468. The van der Waals surface area contributed by atoms with Gasteiger partial charge in [0.05, 0.1) is 26.2 Å². The molecule has 0 bridgehead atoms. The second-order valence-corrected chi connectivity index (χ2v) is 3.80. The summed E-state index contributed by atoms with van der Waals surface area (Å²) in [7, 11) is 0. The van der Waals surface area contributed by atoms with Crippen molar-refractivity contribution in [2.45, 2.75) is 26.4 Å². The molecule has 1 aliphatic rings. The highest BCUT2D eigenvalue weighted by Gasteiger charge is 2.21. The molecule has 0 spiro atoms. The van der Waals surface area contributed by atoms with Crippen LogP contribution in [0.25, 0.3) is 0 Å². The SMILES string of the molecule is CCOC(=O)CC(C)OC(=O)N1CCOCC1. The van der Waals surface area contributed by atoms with E-state index in [9.17, 15) is 9.59 Å². The van der Waals surface area contributed by atoms with E-state index < -0.39 is 12.2 Å². The highest BCUT2D eigenvalue weighted by molar-refractivity contribution is 5.71. The summed E-state index contributed by atoms with van der Waals surface area (Å²) in [5.41, 5.74) is 0. The average Bonchev–Trinajstić information content (AvgIpc) is 2.30. The van der Waals surface area contributed by atoms with Crippen molar-refractivity contribution in [1.29, 1.82) is 0 Å². The Balaban J connectivity index is 2.26. The zero-order valence-corrected chi connectivity index (χ0v) is 10.3. The van der Waals surface area contributed by atoms with Gasteiger partial charge in [0.25, 0.3) is 0 Å². The number of carbonyl (C=O) groups excluding carboxylic acids is 2. The largest absolute Gasteiger partial charge is 0.466 e. The fourth-order valence-electron chi connectivity index (χ4n) is 1.49. The molecule has 1 saturated heterocycles. The van der Waals surface area contributed by atoms with Gasteiger partial charge in [0.15, 0.2) is 0 Å². The minimum absolute atomic E-state index is 0.0872. The summed E-state index contributed by atoms with van der Waals surface area (Å²) in [4.78, 5) is 24.4. The number of amides is 1. The molecule has 0 aromatic rings. The molecule has 6 heteroatoms. The number of carbonyl (C=O) groups is 2. The molecule has 0 aromatic heterocycles. The van der Waals surface area contributed by atoms with E-state index in [2.05, 4.69) is 0 Å². The monoisotopic (exact) mass is 245 g/mol. The van der Waals surface area contributed by atoms with Crippen molar-refractivity contribution in [2.24, 2.45) is 0 Å². The van der Waals surface area contributed by atoms with Gasteiger partial charge in [0.2, 0.25) is 0 Å². The lowest BCUT2D eigenvalue weighted by molar-refractivity contribution is -0.145. The molecule has 1 fully saturated rings. The summed E-state index contributed by atoms with van der Waals surface area (Å²) in [6, 6.07) is 0. The molecule has 1 atom stereocenters. The van der Waals surface area contributed by atoms with E-state index in [0.29, 0.717) is 32.9 Å². The smallest absolute Gasteiger partial charge is 0.410 e. The lowest BCUT2D eigenvalue weighted by Crippen LogP contribution is -2.42. The Morgan fingerprint density at radius 3 is 2.59 bits per heavy atom. The van der Waals surface area contributed by atoms with Crippen LogP contribution >= 0.6 is 0 Å². The summed E-state index contributed by atoms with van der Waals surface area (Å²) < 4.78 is 15.0. The molecular weight excluding hydrogens is 226 g/mol. The van der Waals surface area contributed by atoms with Gasteiger partial charge in [-0.3, -0.25) is 4.79 Å². The topological polar surface area (TPSA) is 65.1 Å². The molecule has 1 aliphatic heterocycles. The van der Waals surface area contributed by atoms with Gasteiger partial charge in [-0.1, -0.05) is 0 Å². The van der Waals surface area contributed by atoms with Crippen molar-refractivity contribution < 1.29 is 23.8 Å². The van der Waals surface area contributed by atoms with Crippen LogP contribution in [0.1, 0.15) is 20.3 Å². The van der Waals surface area contributed by atoms with Gasteiger partial charge in [-0.05, 0) is 13.8 Å². The Hall–Kier alpha value is -1.30. The molecule has 0 aliphatic carbocycles. The molecule has 1 unspecified atom stereocenters. The maximum Gasteiger partial charge on any atom is 0.410 e. The third kappa shape index (κ3) is 5.04. The highest BCUT2D eigenvalue weighted by Crippen LogP contribution is 2.05. The predicted molar refractivity (Wildman–Crippen MR) is 59.6 cm³/mol. The molecule has 98 valence electrons. The van der Waals surface area contributed by atoms with Gasteiger partial charge in [-0.15, -0.1) is 0 Å². The Kier molecular flexibility index (Phi) is 5.76. The molecule has 0 N–H and O–H groups in total. The summed E-state index contributed by atoms with van der Waals surface area (Å²) in [5, 5.41) is 0. The van der Waals surface area contributed by atoms with Crippen LogP contribution in [0.5, 0.6) is 0 Å². The van der Waals surface area contributed by atoms with Crippen LogP contribution in [0.2, 0.25) is 0 Å². The van der Waals surface area contributed by atoms with Gasteiger partial charge in [0.1, 0.15) is 6.10 Å². The van der Waals surface area contributed by atoms with Gasteiger partial charge >= 0.3 is 12.1 Å². The van der Waals surface area contributed by atoms with E-state index in [1.807, 2.05) is 0 Å². The normalized spacial score (nSPS) is 17.4. The highest BCUT2D eigenvalue weighted by atomic mass is 16.6. The third-order valence-electron chi connectivity index (χ3n) is 2.33. The van der Waals surface area contributed by atoms with Crippen LogP contribution in [0.15, 0.2) is 0 Å². The van der Waals surface area contributed by atoms with Crippen LogP contribution in [0.4, 0.5) is 4.79 Å². The quantitative estimate of drug-likeness (QED) is 0.685. The summed E-state index contributed by atoms with van der Waals surface area (Å²) in [6.07, 6.45) is -0.779. The van der Waals surface area contributed by atoms with E-state index in [4.69, 9.17) is 14.2 Å². The number of rotatable bonds is 4. The number of ether oxygens (including phenoxy) is 3. The van der Waals surface area contributed by atoms with E-state index in [-0.39, 0.29) is 12.4 Å². The van der Waals surface area contributed by atoms with Crippen molar-refractivity contribution in [3.63, 3.8) is 0 Å². The Bertz CT molecular complexity index is 263. The number of hydrogen-bond acceptors (Lipinski definition) is 5. The number of esters is 1. The van der Waals surface area contributed by atoms with Crippen molar-refractivity contribution in [3.8, 4) is 0 Å². The molecule has 1 amide bonds. The maximum absolute atomic E-state index is 11.6. The van der Waals surface area contributed by atoms with E-state index >= 15 is 0 Å². The summed E-state index contributed by atoms with van der Waals surface area (Å²) in [5.74, 6) is -0.352. The van der Waals surface area contributed by atoms with Crippen LogP contribution in [0, 0.1) is 0 Å². The molecule has 0 aromatic carbocycles. The van der Waals surface area contributed by atoms with Gasteiger partial charge in [0, 0.05) is 13.1 Å². The summed E-state index contributed by atoms with van der Waals surface area (Å²) in [6.45, 7) is 5.87. The van der Waals surface area contributed by atoms with Crippen molar-refractivity contribution in [1.82, 2.24) is 4.90 Å². The molecule has 1 rings (SSSR count). The predicted octanol–water partition coefficient (Wildman–Crippen LogP) is 0.797. The lowest BCUT2D eigenvalue weighted by atomic mass is 10.3.